The Labute approximate surface area is 117 Å². The molecule has 20 heavy (non-hydrogen) atoms. The van der Waals surface area contributed by atoms with Crippen LogP contribution in [0, 0.1) is 5.21 Å². The molecule has 2 aromatic rings. The summed E-state index contributed by atoms with van der Waals surface area (Å²) in [6, 6.07) is 13.5. The maximum absolute atomic E-state index is 12.6. The number of carbonyl (C=O) groups excluding carboxylic acids is 1. The molecule has 0 radical (unpaired) electrons. The summed E-state index contributed by atoms with van der Waals surface area (Å²) in [5.41, 5.74) is 1.61. The van der Waals surface area contributed by atoms with Gasteiger partial charge in [-0.15, -0.1) is 0 Å². The quantitative estimate of drug-likeness (QED) is 0.620. The van der Waals surface area contributed by atoms with Crippen molar-refractivity contribution in [2.75, 3.05) is 6.54 Å². The van der Waals surface area contributed by atoms with Crippen LogP contribution in [-0.2, 0) is 0 Å². The summed E-state index contributed by atoms with van der Waals surface area (Å²) in [4.78, 5) is 14.4. The molecule has 0 saturated carbocycles. The van der Waals surface area contributed by atoms with Gasteiger partial charge in [0.25, 0.3) is 5.91 Å². The molecule has 0 unspecified atom stereocenters. The van der Waals surface area contributed by atoms with E-state index in [1.54, 1.807) is 12.1 Å². The van der Waals surface area contributed by atoms with Gasteiger partial charge in [-0.1, -0.05) is 30.3 Å². The average Bonchev–Trinajstić information content (AvgIpc) is 2.97. The van der Waals surface area contributed by atoms with Crippen molar-refractivity contribution in [2.24, 2.45) is 0 Å². The lowest BCUT2D eigenvalue weighted by molar-refractivity contribution is -0.605. The Bertz CT molecular complexity index is 613. The van der Waals surface area contributed by atoms with Gasteiger partial charge in [-0.05, 0) is 24.5 Å². The number of benzene rings is 1. The van der Waals surface area contributed by atoms with E-state index in [2.05, 4.69) is 12.1 Å². The number of aromatic nitrogens is 1. The van der Waals surface area contributed by atoms with E-state index >= 15 is 0 Å². The third kappa shape index (κ3) is 2.37. The smallest absolute Gasteiger partial charge is 0.260 e. The molecule has 1 atom stereocenters. The minimum atomic E-state index is -0.0680. The first-order chi connectivity index (χ1) is 9.75. The van der Waals surface area contributed by atoms with Crippen LogP contribution in [0.1, 0.15) is 34.8 Å². The summed E-state index contributed by atoms with van der Waals surface area (Å²) in [6.45, 7) is 0.742. The minimum absolute atomic E-state index is 0.0680. The van der Waals surface area contributed by atoms with E-state index in [0.29, 0.717) is 10.3 Å². The van der Waals surface area contributed by atoms with Crippen LogP contribution in [0.15, 0.2) is 54.9 Å². The van der Waals surface area contributed by atoms with Crippen LogP contribution < -0.4 is 4.73 Å². The highest BCUT2D eigenvalue weighted by Gasteiger charge is 2.31. The van der Waals surface area contributed by atoms with Gasteiger partial charge in [0.15, 0.2) is 12.4 Å². The molecule has 1 aromatic heterocycles. The van der Waals surface area contributed by atoms with Crippen molar-refractivity contribution in [1.82, 2.24) is 4.90 Å². The molecule has 102 valence electrons. The molecule has 2 heterocycles. The highest BCUT2D eigenvalue weighted by molar-refractivity contribution is 5.94. The molecule has 0 bridgehead atoms. The number of rotatable bonds is 2. The van der Waals surface area contributed by atoms with E-state index in [1.165, 1.54) is 12.4 Å². The van der Waals surface area contributed by atoms with E-state index in [1.807, 2.05) is 23.1 Å². The molecular formula is C16H16N2O2. The fourth-order valence-corrected chi connectivity index (χ4v) is 2.78. The van der Waals surface area contributed by atoms with E-state index < -0.39 is 0 Å². The first-order valence-electron chi connectivity index (χ1n) is 6.80. The van der Waals surface area contributed by atoms with E-state index in [4.69, 9.17) is 0 Å². The van der Waals surface area contributed by atoms with Crippen LogP contribution in [-0.4, -0.2) is 17.4 Å². The fraction of sp³-hybridized carbons (Fsp3) is 0.250. The second-order valence-electron chi connectivity index (χ2n) is 5.02. The number of likely N-dealkylation sites (tertiary alicyclic amines) is 1. The zero-order chi connectivity index (χ0) is 13.9. The lowest BCUT2D eigenvalue weighted by Crippen LogP contribution is -2.33. The molecule has 0 N–H and O–H groups in total. The number of pyridine rings is 1. The van der Waals surface area contributed by atoms with Gasteiger partial charge in [-0.3, -0.25) is 4.79 Å². The summed E-state index contributed by atoms with van der Waals surface area (Å²) < 4.78 is 0.667. The summed E-state index contributed by atoms with van der Waals surface area (Å²) in [6.07, 6.45) is 4.69. The van der Waals surface area contributed by atoms with Crippen LogP contribution in [0.5, 0.6) is 0 Å². The van der Waals surface area contributed by atoms with Crippen LogP contribution in [0.2, 0.25) is 0 Å². The van der Waals surface area contributed by atoms with Gasteiger partial charge in [-0.25, -0.2) is 0 Å². The van der Waals surface area contributed by atoms with Crippen molar-refractivity contribution in [1.29, 1.82) is 0 Å². The lowest BCUT2D eigenvalue weighted by Gasteiger charge is -2.24. The van der Waals surface area contributed by atoms with Crippen molar-refractivity contribution in [3.8, 4) is 0 Å². The van der Waals surface area contributed by atoms with Gasteiger partial charge in [0, 0.05) is 12.6 Å². The number of amides is 1. The highest BCUT2D eigenvalue weighted by atomic mass is 16.5. The third-order valence-corrected chi connectivity index (χ3v) is 3.72. The van der Waals surface area contributed by atoms with Crippen LogP contribution in [0.4, 0.5) is 0 Å². The average molecular weight is 268 g/mol. The first kappa shape index (κ1) is 12.7. The van der Waals surface area contributed by atoms with Crippen molar-refractivity contribution < 1.29 is 9.52 Å². The molecule has 0 spiro atoms. The maximum Gasteiger partial charge on any atom is 0.260 e. The largest absolute Gasteiger partial charge is 0.619 e. The van der Waals surface area contributed by atoms with Gasteiger partial charge in [0.2, 0.25) is 0 Å². The predicted molar refractivity (Wildman–Crippen MR) is 74.9 cm³/mol. The number of carbonyl (C=O) groups is 1. The summed E-state index contributed by atoms with van der Waals surface area (Å²) in [5, 5.41) is 11.3. The molecule has 3 rings (SSSR count). The van der Waals surface area contributed by atoms with E-state index in [9.17, 15) is 10.0 Å². The summed E-state index contributed by atoms with van der Waals surface area (Å²) in [5.74, 6) is -0.0680. The third-order valence-electron chi connectivity index (χ3n) is 3.72. The maximum atomic E-state index is 12.6. The monoisotopic (exact) mass is 268 g/mol. The SMILES string of the molecule is O=C(c1ccc[n+]([O-])c1)N1CCC[C@@H]1c1ccccc1. The normalized spacial score (nSPS) is 18.2. The number of nitrogens with zero attached hydrogens (tertiary/aromatic N) is 2. The molecule has 1 fully saturated rings. The van der Waals surface area contributed by atoms with Crippen LogP contribution in [0.25, 0.3) is 0 Å². The van der Waals surface area contributed by atoms with Crippen LogP contribution >= 0.6 is 0 Å². The topological polar surface area (TPSA) is 47.2 Å². The van der Waals surface area contributed by atoms with Gasteiger partial charge in [0.1, 0.15) is 5.56 Å². The zero-order valence-corrected chi connectivity index (χ0v) is 11.1. The van der Waals surface area contributed by atoms with Gasteiger partial charge in [-0.2, -0.15) is 4.73 Å². The predicted octanol–water partition coefficient (Wildman–Crippen LogP) is 2.30. The number of hydrogen-bond donors (Lipinski definition) is 0. The standard InChI is InChI=1S/C16H16N2O2/c19-16(14-8-4-10-17(20)12-14)18-11-5-9-15(18)13-6-2-1-3-7-13/h1-4,6-8,10,12,15H,5,9,11H2/t15-/m1/s1. The van der Waals surface area contributed by atoms with Crippen molar-refractivity contribution >= 4 is 5.91 Å². The molecule has 1 aromatic carbocycles. The number of hydrogen-bond acceptors (Lipinski definition) is 2. The van der Waals surface area contributed by atoms with E-state index in [0.717, 1.165) is 24.9 Å². The van der Waals surface area contributed by atoms with Crippen molar-refractivity contribution in [3.63, 3.8) is 0 Å². The van der Waals surface area contributed by atoms with Gasteiger partial charge >= 0.3 is 0 Å². The summed E-state index contributed by atoms with van der Waals surface area (Å²) in [7, 11) is 0. The highest BCUT2D eigenvalue weighted by Crippen LogP contribution is 2.32. The lowest BCUT2D eigenvalue weighted by atomic mass is 10.0. The van der Waals surface area contributed by atoms with E-state index in [-0.39, 0.29) is 11.9 Å². The molecule has 1 saturated heterocycles. The zero-order valence-electron chi connectivity index (χ0n) is 11.1. The van der Waals surface area contributed by atoms with Gasteiger partial charge in [0.05, 0.1) is 6.04 Å². The Balaban J connectivity index is 1.87. The Hall–Kier alpha value is -2.36. The Kier molecular flexibility index (Phi) is 3.37. The second-order valence-corrected chi connectivity index (χ2v) is 5.02. The van der Waals surface area contributed by atoms with Crippen molar-refractivity contribution in [3.05, 3.63) is 71.2 Å². The fourth-order valence-electron chi connectivity index (χ4n) is 2.78. The molecule has 1 amide bonds. The molecule has 1 aliphatic rings. The summed E-state index contributed by atoms with van der Waals surface area (Å²) >= 11 is 0. The molecule has 0 aliphatic carbocycles. The van der Waals surface area contributed by atoms with Crippen LogP contribution in [0.3, 0.4) is 0 Å². The first-order valence-corrected chi connectivity index (χ1v) is 6.80. The van der Waals surface area contributed by atoms with Gasteiger partial charge < -0.3 is 10.1 Å². The Morgan fingerprint density at radius 3 is 2.75 bits per heavy atom. The molecule has 1 aliphatic heterocycles. The molecule has 4 nitrogen and oxygen atoms in total. The molecular weight excluding hydrogens is 252 g/mol. The second kappa shape index (κ2) is 5.33. The molecule has 4 heteroatoms. The minimum Gasteiger partial charge on any atom is -0.619 e. The van der Waals surface area contributed by atoms with Crippen molar-refractivity contribution in [2.45, 2.75) is 18.9 Å². The Morgan fingerprint density at radius 2 is 2.00 bits per heavy atom. The Morgan fingerprint density at radius 1 is 1.20 bits per heavy atom.